The molecule has 2 N–H and O–H groups in total. The van der Waals surface area contributed by atoms with Crippen molar-refractivity contribution in [1.29, 1.82) is 0 Å². The van der Waals surface area contributed by atoms with Crippen LogP contribution in [0.3, 0.4) is 0 Å². The van der Waals surface area contributed by atoms with Gasteiger partial charge < -0.3 is 19.8 Å². The smallest absolute Gasteiger partial charge is 0.126 e. The highest BCUT2D eigenvalue weighted by Gasteiger charge is 2.48. The Kier molecular flexibility index (Phi) is 10.5. The zero-order valence-electron chi connectivity index (χ0n) is 21.7. The first-order valence-electron chi connectivity index (χ1n) is 13.4. The Balaban J connectivity index is 1.63. The zero-order valence-corrected chi connectivity index (χ0v) is 21.7. The molecule has 0 aromatic heterocycles. The molecule has 1 aromatic carbocycles. The van der Waals surface area contributed by atoms with E-state index >= 15 is 0 Å². The van der Waals surface area contributed by atoms with Crippen LogP contribution in [0.15, 0.2) is 30.4 Å². The Morgan fingerprint density at radius 2 is 1.94 bits per heavy atom. The maximum atomic E-state index is 10.8. The van der Waals surface area contributed by atoms with E-state index in [1.54, 1.807) is 0 Å². The Labute approximate surface area is 207 Å². The fourth-order valence-corrected chi connectivity index (χ4v) is 5.60. The van der Waals surface area contributed by atoms with Gasteiger partial charge in [0, 0.05) is 30.2 Å². The molecule has 3 rings (SSSR count). The Morgan fingerprint density at radius 1 is 1.18 bits per heavy atom. The van der Waals surface area contributed by atoms with E-state index in [1.165, 1.54) is 50.0 Å². The molecular formula is C30H45NO3. The fourth-order valence-electron chi connectivity index (χ4n) is 5.60. The molecule has 0 spiro atoms. The minimum atomic E-state index is -0.555. The third kappa shape index (κ3) is 6.66. The topological polar surface area (TPSA) is 52.9 Å². The summed E-state index contributed by atoms with van der Waals surface area (Å²) in [4.78, 5) is 2.58. The van der Waals surface area contributed by atoms with Crippen LogP contribution in [-0.2, 0) is 6.42 Å². The van der Waals surface area contributed by atoms with Crippen LogP contribution in [0, 0.1) is 23.7 Å². The predicted molar refractivity (Wildman–Crippen MR) is 140 cm³/mol. The number of unbranched alkanes of at least 4 members (excludes halogenated alkanes) is 1. The van der Waals surface area contributed by atoms with Gasteiger partial charge in [-0.2, -0.15) is 0 Å². The van der Waals surface area contributed by atoms with E-state index < -0.39 is 12.2 Å². The van der Waals surface area contributed by atoms with Crippen LogP contribution in [0.2, 0.25) is 0 Å². The van der Waals surface area contributed by atoms with Gasteiger partial charge in [0.2, 0.25) is 0 Å². The molecule has 6 atom stereocenters. The molecule has 0 unspecified atom stereocenters. The molecule has 0 amide bonds. The maximum absolute atomic E-state index is 10.8. The van der Waals surface area contributed by atoms with Crippen LogP contribution in [-0.4, -0.2) is 53.1 Å². The van der Waals surface area contributed by atoms with Gasteiger partial charge in [0.25, 0.3) is 0 Å². The molecule has 1 aliphatic carbocycles. The van der Waals surface area contributed by atoms with Crippen LogP contribution in [0.1, 0.15) is 83.3 Å². The van der Waals surface area contributed by atoms with Gasteiger partial charge in [0.15, 0.2) is 0 Å². The number of hydrogen-bond acceptors (Lipinski definition) is 4. The molecule has 1 fully saturated rings. The summed E-state index contributed by atoms with van der Waals surface area (Å²) in [6, 6.07) is 6.52. The van der Waals surface area contributed by atoms with Crippen LogP contribution >= 0.6 is 0 Å². The molecule has 1 saturated carbocycles. The number of fused-ring (bicyclic) bond motifs is 3. The lowest BCUT2D eigenvalue weighted by Gasteiger charge is -2.21. The number of aliphatic hydroxyl groups is 2. The average Bonchev–Trinajstić information content (AvgIpc) is 3.33. The number of hydrogen-bond donors (Lipinski definition) is 2. The lowest BCUT2D eigenvalue weighted by Crippen LogP contribution is -2.26. The van der Waals surface area contributed by atoms with Crippen LogP contribution in [0.5, 0.6) is 5.75 Å². The molecule has 4 nitrogen and oxygen atoms in total. The quantitative estimate of drug-likeness (QED) is 0.234. The number of benzene rings is 1. The molecule has 1 aromatic rings. The van der Waals surface area contributed by atoms with Crippen LogP contribution in [0.4, 0.5) is 0 Å². The first kappa shape index (κ1) is 26.8. The van der Waals surface area contributed by atoms with Crippen molar-refractivity contribution in [3.63, 3.8) is 0 Å². The summed E-state index contributed by atoms with van der Waals surface area (Å²) >= 11 is 0. The predicted octanol–water partition coefficient (Wildman–Crippen LogP) is 5.32. The monoisotopic (exact) mass is 467 g/mol. The molecule has 0 radical (unpaired) electrons. The second-order valence-electron chi connectivity index (χ2n) is 10.2. The van der Waals surface area contributed by atoms with Crippen molar-refractivity contribution in [1.82, 2.24) is 4.90 Å². The molecule has 1 heterocycles. The minimum Gasteiger partial charge on any atom is -0.489 e. The highest BCUT2D eigenvalue weighted by Crippen LogP contribution is 2.52. The highest BCUT2D eigenvalue weighted by molar-refractivity contribution is 5.49. The molecule has 188 valence electrons. The maximum Gasteiger partial charge on any atom is 0.126 e. The van der Waals surface area contributed by atoms with E-state index in [1.807, 2.05) is 26.0 Å². The van der Waals surface area contributed by atoms with E-state index in [-0.39, 0.29) is 23.9 Å². The summed E-state index contributed by atoms with van der Waals surface area (Å²) in [5.41, 5.74) is 2.53. The minimum absolute atomic E-state index is 0.0194. The van der Waals surface area contributed by atoms with Gasteiger partial charge >= 0.3 is 0 Å². The number of aryl methyl sites for hydroxylation is 1. The summed E-state index contributed by atoms with van der Waals surface area (Å²) in [5.74, 6) is 7.19. The van der Waals surface area contributed by atoms with Gasteiger partial charge in [0.05, 0.1) is 12.2 Å². The van der Waals surface area contributed by atoms with E-state index in [2.05, 4.69) is 48.8 Å². The normalized spacial score (nSPS) is 25.0. The number of rotatable bonds is 13. The number of ether oxygens (including phenoxy) is 1. The van der Waals surface area contributed by atoms with Crippen molar-refractivity contribution in [3.05, 3.63) is 41.5 Å². The van der Waals surface area contributed by atoms with Gasteiger partial charge in [-0.25, -0.2) is 0 Å². The molecule has 0 bridgehead atoms. The standard InChI is InChI=1S/C30H45NO3/c1-5-8-12-22(4)26(32)17-16-24-27(33)21-28-29(24)25-15-11-14-23(30(25)34-28)13-9-10-20-31(18-6-2)19-7-3/h11,14-17,22,24,26-29,32-33H,6-7,9-10,12-13,18-21H2,1-4H3/b17-16+/t22-,24-,26+,27+,28-,29-/m0/s1. The van der Waals surface area contributed by atoms with Crippen LogP contribution in [0.25, 0.3) is 0 Å². The van der Waals surface area contributed by atoms with Crippen molar-refractivity contribution in [2.24, 2.45) is 11.8 Å². The summed E-state index contributed by atoms with van der Waals surface area (Å²) in [7, 11) is 0. The van der Waals surface area contributed by atoms with Crippen molar-refractivity contribution < 1.29 is 14.9 Å². The second-order valence-corrected chi connectivity index (χ2v) is 10.2. The largest absolute Gasteiger partial charge is 0.489 e. The zero-order chi connectivity index (χ0) is 24.5. The van der Waals surface area contributed by atoms with Crippen molar-refractivity contribution >= 4 is 0 Å². The third-order valence-electron chi connectivity index (χ3n) is 7.45. The van der Waals surface area contributed by atoms with E-state index in [9.17, 15) is 10.2 Å². The second kappa shape index (κ2) is 13.3. The van der Waals surface area contributed by atoms with Crippen LogP contribution < -0.4 is 4.74 Å². The summed E-state index contributed by atoms with van der Waals surface area (Å²) < 4.78 is 6.44. The molecule has 4 heteroatoms. The fraction of sp³-hybridized carbons (Fsp3) is 0.667. The average molecular weight is 468 g/mol. The molecule has 1 aliphatic heterocycles. The van der Waals surface area contributed by atoms with E-state index in [4.69, 9.17) is 4.74 Å². The van der Waals surface area contributed by atoms with Gasteiger partial charge in [-0.05, 0) is 70.1 Å². The lowest BCUT2D eigenvalue weighted by molar-refractivity contribution is 0.134. The summed E-state index contributed by atoms with van der Waals surface area (Å²) in [6.45, 7) is 11.9. The van der Waals surface area contributed by atoms with Gasteiger partial charge in [-0.1, -0.05) is 51.1 Å². The Bertz CT molecular complexity index is 848. The Hall–Kier alpha value is -1.80. The third-order valence-corrected chi connectivity index (χ3v) is 7.45. The van der Waals surface area contributed by atoms with Crippen molar-refractivity contribution in [3.8, 4) is 17.6 Å². The Morgan fingerprint density at radius 3 is 2.65 bits per heavy atom. The van der Waals surface area contributed by atoms with Gasteiger partial charge in [0.1, 0.15) is 11.9 Å². The molecular weight excluding hydrogens is 422 g/mol. The highest BCUT2D eigenvalue weighted by atomic mass is 16.5. The molecule has 2 aliphatic rings. The van der Waals surface area contributed by atoms with E-state index in [0.29, 0.717) is 12.8 Å². The first-order chi connectivity index (χ1) is 16.5. The van der Waals surface area contributed by atoms with Crippen molar-refractivity contribution in [2.75, 3.05) is 19.6 Å². The molecule has 34 heavy (non-hydrogen) atoms. The van der Waals surface area contributed by atoms with E-state index in [0.717, 1.165) is 18.6 Å². The SMILES string of the molecule is CC#CC[C@H](C)[C@H](O)/C=C/[C@@H]1[C@H]2c3cccc(CCCCN(CCC)CCC)c3O[C@H]2C[C@H]1O. The van der Waals surface area contributed by atoms with Gasteiger partial charge in [-0.3, -0.25) is 0 Å². The lowest BCUT2D eigenvalue weighted by atomic mass is 9.86. The van der Waals surface area contributed by atoms with Gasteiger partial charge in [-0.15, -0.1) is 11.8 Å². The summed E-state index contributed by atoms with van der Waals surface area (Å²) in [5, 5.41) is 21.3. The molecule has 0 saturated heterocycles. The number of nitrogens with zero attached hydrogens (tertiary/aromatic N) is 1. The number of aliphatic hydroxyl groups excluding tert-OH is 2. The summed E-state index contributed by atoms with van der Waals surface area (Å²) in [6.07, 6.45) is 10.1. The first-order valence-corrected chi connectivity index (χ1v) is 13.4. The van der Waals surface area contributed by atoms with Crippen molar-refractivity contribution in [2.45, 2.75) is 96.9 Å². The number of para-hydroxylation sites is 1.